The maximum atomic E-state index is 13.8. The quantitative estimate of drug-likeness (QED) is 0.435. The third kappa shape index (κ3) is 6.68. The van der Waals surface area contributed by atoms with Gasteiger partial charge in [0.05, 0.1) is 5.69 Å². The highest BCUT2D eigenvalue weighted by Crippen LogP contribution is 2.35. The number of benzene rings is 2. The van der Waals surface area contributed by atoms with Crippen molar-refractivity contribution in [3.8, 4) is 5.75 Å². The summed E-state index contributed by atoms with van der Waals surface area (Å²) in [5.74, 6) is -0.856. The summed E-state index contributed by atoms with van der Waals surface area (Å²) in [5, 5.41) is 19.0. The van der Waals surface area contributed by atoms with Gasteiger partial charge in [0, 0.05) is 0 Å². The Morgan fingerprint density at radius 2 is 1.68 bits per heavy atom. The zero-order valence-electron chi connectivity index (χ0n) is 21.5. The number of aliphatic hydroxyl groups excluding tert-OH is 1. The molecule has 4 atom stereocenters. The lowest BCUT2D eigenvalue weighted by Gasteiger charge is -2.33. The van der Waals surface area contributed by atoms with Crippen LogP contribution in [0.4, 0.5) is 5.69 Å². The fraction of sp³-hybridized carbons (Fsp3) is 0.483. The van der Waals surface area contributed by atoms with E-state index in [4.69, 9.17) is 4.74 Å². The number of hydrogen-bond acceptors (Lipinski definition) is 5. The number of carbonyl (C=O) groups is 3. The molecule has 0 radical (unpaired) electrons. The molecule has 198 valence electrons. The Bertz CT molecular complexity index is 1080. The Balaban J connectivity index is 1.60. The molecule has 4 N–H and O–H groups in total. The van der Waals surface area contributed by atoms with Crippen LogP contribution in [0.2, 0.25) is 0 Å². The number of rotatable bonds is 8. The molecule has 8 nitrogen and oxygen atoms in total. The summed E-state index contributed by atoms with van der Waals surface area (Å²) in [7, 11) is 0. The number of anilines is 1. The van der Waals surface area contributed by atoms with Gasteiger partial charge >= 0.3 is 0 Å². The first-order valence-corrected chi connectivity index (χ1v) is 13.2. The summed E-state index contributed by atoms with van der Waals surface area (Å²) in [6.07, 6.45) is 2.93. The number of carbonyl (C=O) groups excluding carboxylic acids is 3. The molecule has 1 saturated carbocycles. The molecule has 1 heterocycles. The SMILES string of the molecule is CC(C)CC(O)C(=O)N[C@H](C(=O)N[C@@H]1C(=O)Nc2ccccc2O[C@@H]1c1ccccc1)C1CCCCC1. The van der Waals surface area contributed by atoms with Crippen molar-refractivity contribution in [1.29, 1.82) is 0 Å². The van der Waals surface area contributed by atoms with E-state index in [9.17, 15) is 19.5 Å². The molecule has 1 fully saturated rings. The fourth-order valence-electron chi connectivity index (χ4n) is 5.18. The van der Waals surface area contributed by atoms with Crippen LogP contribution in [0.3, 0.4) is 0 Å². The summed E-state index contributed by atoms with van der Waals surface area (Å²) >= 11 is 0. The molecule has 0 spiro atoms. The molecule has 0 aromatic heterocycles. The normalized spacial score (nSPS) is 21.6. The summed E-state index contributed by atoms with van der Waals surface area (Å²) < 4.78 is 6.29. The second kappa shape index (κ2) is 12.2. The molecule has 1 aliphatic carbocycles. The number of para-hydroxylation sites is 2. The minimum atomic E-state index is -1.20. The van der Waals surface area contributed by atoms with Gasteiger partial charge in [-0.2, -0.15) is 0 Å². The average Bonchev–Trinajstić information content (AvgIpc) is 3.03. The maximum absolute atomic E-state index is 13.8. The minimum absolute atomic E-state index is 0.0777. The van der Waals surface area contributed by atoms with E-state index in [0.29, 0.717) is 17.9 Å². The van der Waals surface area contributed by atoms with Crippen molar-refractivity contribution in [2.45, 2.75) is 76.7 Å². The van der Waals surface area contributed by atoms with E-state index in [1.807, 2.05) is 50.2 Å². The third-order valence-electron chi connectivity index (χ3n) is 7.11. The van der Waals surface area contributed by atoms with Crippen molar-refractivity contribution in [3.05, 3.63) is 60.2 Å². The summed E-state index contributed by atoms with van der Waals surface area (Å²) in [5.41, 5.74) is 1.27. The second-order valence-electron chi connectivity index (χ2n) is 10.5. The largest absolute Gasteiger partial charge is 0.481 e. The van der Waals surface area contributed by atoms with Gasteiger partial charge in [-0.15, -0.1) is 0 Å². The molecule has 0 saturated heterocycles. The Kier molecular flexibility index (Phi) is 8.82. The van der Waals surface area contributed by atoms with Gasteiger partial charge in [-0.3, -0.25) is 14.4 Å². The van der Waals surface area contributed by atoms with E-state index in [1.54, 1.807) is 18.2 Å². The number of hydrogen-bond donors (Lipinski definition) is 4. The highest BCUT2D eigenvalue weighted by atomic mass is 16.5. The molecule has 2 aliphatic rings. The van der Waals surface area contributed by atoms with Crippen molar-refractivity contribution in [2.24, 2.45) is 11.8 Å². The van der Waals surface area contributed by atoms with Crippen molar-refractivity contribution in [3.63, 3.8) is 0 Å². The lowest BCUT2D eigenvalue weighted by molar-refractivity contribution is -0.137. The van der Waals surface area contributed by atoms with Gasteiger partial charge in [-0.1, -0.05) is 75.6 Å². The van der Waals surface area contributed by atoms with Gasteiger partial charge in [-0.05, 0) is 48.8 Å². The number of nitrogens with one attached hydrogen (secondary N) is 3. The molecule has 2 aromatic carbocycles. The molecule has 1 aliphatic heterocycles. The van der Waals surface area contributed by atoms with Crippen LogP contribution in [0.1, 0.15) is 64.0 Å². The number of ether oxygens (including phenoxy) is 1. The number of amides is 3. The van der Waals surface area contributed by atoms with Gasteiger partial charge in [-0.25, -0.2) is 0 Å². The lowest BCUT2D eigenvalue weighted by Crippen LogP contribution is -2.58. The number of fused-ring (bicyclic) bond motifs is 1. The fourth-order valence-corrected chi connectivity index (χ4v) is 5.18. The Morgan fingerprint density at radius 3 is 2.38 bits per heavy atom. The zero-order chi connectivity index (χ0) is 26.4. The first-order chi connectivity index (χ1) is 17.8. The van der Waals surface area contributed by atoms with Crippen LogP contribution >= 0.6 is 0 Å². The maximum Gasteiger partial charge on any atom is 0.251 e. The lowest BCUT2D eigenvalue weighted by atomic mass is 9.83. The Hall–Kier alpha value is -3.39. The van der Waals surface area contributed by atoms with Gasteiger partial charge in [0.2, 0.25) is 11.8 Å². The van der Waals surface area contributed by atoms with Crippen LogP contribution in [0, 0.1) is 11.8 Å². The molecule has 4 rings (SSSR count). The van der Waals surface area contributed by atoms with Crippen molar-refractivity contribution in [1.82, 2.24) is 10.6 Å². The topological polar surface area (TPSA) is 117 Å². The standard InChI is InChI=1S/C29H37N3O5/c1-18(2)17-22(33)27(34)31-24(19-11-5-3-6-12-19)28(35)32-25-26(20-13-7-4-8-14-20)37-23-16-10-9-15-21(23)30-29(25)36/h4,7-10,13-16,18-19,22,24-26,33H,3,5-6,11-12,17H2,1-2H3,(H,30,36)(H,31,34)(H,32,35)/t22?,24-,25-,26+/m0/s1. The molecular formula is C29H37N3O5. The highest BCUT2D eigenvalue weighted by molar-refractivity contribution is 6.00. The summed E-state index contributed by atoms with van der Waals surface area (Å²) in [6, 6.07) is 14.5. The van der Waals surface area contributed by atoms with Crippen LogP contribution in [0.15, 0.2) is 54.6 Å². The smallest absolute Gasteiger partial charge is 0.251 e. The zero-order valence-corrected chi connectivity index (χ0v) is 21.5. The molecule has 1 unspecified atom stereocenters. The van der Waals surface area contributed by atoms with Crippen LogP contribution in [-0.4, -0.2) is 41.0 Å². The summed E-state index contributed by atoms with van der Waals surface area (Å²) in [4.78, 5) is 40.0. The Labute approximate surface area is 218 Å². The average molecular weight is 508 g/mol. The second-order valence-corrected chi connectivity index (χ2v) is 10.5. The molecule has 2 aromatic rings. The Morgan fingerprint density at radius 1 is 1.00 bits per heavy atom. The van der Waals surface area contributed by atoms with Crippen molar-refractivity contribution >= 4 is 23.4 Å². The van der Waals surface area contributed by atoms with Crippen LogP contribution in [0.5, 0.6) is 5.75 Å². The van der Waals surface area contributed by atoms with Crippen LogP contribution < -0.4 is 20.7 Å². The van der Waals surface area contributed by atoms with Crippen LogP contribution in [0.25, 0.3) is 0 Å². The monoisotopic (exact) mass is 507 g/mol. The van der Waals surface area contributed by atoms with E-state index in [1.165, 1.54) is 0 Å². The van der Waals surface area contributed by atoms with Gasteiger partial charge in [0.1, 0.15) is 23.9 Å². The highest BCUT2D eigenvalue weighted by Gasteiger charge is 2.40. The first-order valence-electron chi connectivity index (χ1n) is 13.2. The van der Waals surface area contributed by atoms with E-state index in [0.717, 1.165) is 37.7 Å². The summed E-state index contributed by atoms with van der Waals surface area (Å²) in [6.45, 7) is 3.85. The molecule has 3 amide bonds. The predicted octanol–water partition coefficient (Wildman–Crippen LogP) is 3.72. The third-order valence-corrected chi connectivity index (χ3v) is 7.11. The minimum Gasteiger partial charge on any atom is -0.481 e. The molecule has 37 heavy (non-hydrogen) atoms. The van der Waals surface area contributed by atoms with E-state index >= 15 is 0 Å². The van der Waals surface area contributed by atoms with Crippen molar-refractivity contribution < 1.29 is 24.2 Å². The first kappa shape index (κ1) is 26.7. The predicted molar refractivity (Wildman–Crippen MR) is 141 cm³/mol. The van der Waals surface area contributed by atoms with E-state index < -0.39 is 42.0 Å². The van der Waals surface area contributed by atoms with E-state index in [-0.39, 0.29) is 11.8 Å². The van der Waals surface area contributed by atoms with Crippen LogP contribution in [-0.2, 0) is 14.4 Å². The molecule has 8 heteroatoms. The van der Waals surface area contributed by atoms with Gasteiger partial charge in [0.25, 0.3) is 5.91 Å². The van der Waals surface area contributed by atoms with E-state index in [2.05, 4.69) is 16.0 Å². The van der Waals surface area contributed by atoms with Gasteiger partial charge < -0.3 is 25.8 Å². The molecule has 0 bridgehead atoms. The number of aliphatic hydroxyl groups is 1. The van der Waals surface area contributed by atoms with Gasteiger partial charge in [0.15, 0.2) is 6.10 Å². The van der Waals surface area contributed by atoms with Crippen molar-refractivity contribution in [2.75, 3.05) is 5.32 Å². The molecular weight excluding hydrogens is 470 g/mol.